The Bertz CT molecular complexity index is 1010. The van der Waals surface area contributed by atoms with Crippen molar-refractivity contribution >= 4 is 29.8 Å². The summed E-state index contributed by atoms with van der Waals surface area (Å²) in [6, 6.07) is 12.0. The number of hydrogen-bond acceptors (Lipinski definition) is 6. The molecular formula is C21H19N3O6. The predicted molar refractivity (Wildman–Crippen MR) is 107 cm³/mol. The van der Waals surface area contributed by atoms with Crippen LogP contribution in [-0.4, -0.2) is 38.0 Å². The van der Waals surface area contributed by atoms with E-state index < -0.39 is 29.3 Å². The molecular weight excluding hydrogens is 390 g/mol. The van der Waals surface area contributed by atoms with Gasteiger partial charge in [-0.05, 0) is 29.3 Å². The Balaban J connectivity index is 1.90. The minimum Gasteiger partial charge on any atom is -0.493 e. The van der Waals surface area contributed by atoms with Crippen molar-refractivity contribution < 1.29 is 28.7 Å². The van der Waals surface area contributed by atoms with Gasteiger partial charge in [-0.25, -0.2) is 4.79 Å². The molecule has 1 fully saturated rings. The topological polar surface area (TPSA) is 123 Å². The lowest BCUT2D eigenvalue weighted by molar-refractivity contribution is -0.143. The maximum absolute atomic E-state index is 12.6. The molecule has 154 valence electrons. The molecule has 30 heavy (non-hydrogen) atoms. The second-order valence-electron chi connectivity index (χ2n) is 6.29. The Kier molecular flexibility index (Phi) is 5.82. The first-order valence-electron chi connectivity index (χ1n) is 8.85. The summed E-state index contributed by atoms with van der Waals surface area (Å²) in [6.07, 6.45) is 2.66. The van der Waals surface area contributed by atoms with Crippen LogP contribution in [0.25, 0.3) is 6.08 Å². The SMILES string of the molecule is COc1ccc(/C=C/C(=O)NC2(c3ccccc3)C(=O)NC(=O)NC2=O)cc1OC. The number of urea groups is 1. The van der Waals surface area contributed by atoms with Gasteiger partial charge in [0.2, 0.25) is 11.4 Å². The molecule has 0 atom stereocenters. The molecule has 0 radical (unpaired) electrons. The monoisotopic (exact) mass is 409 g/mol. The minimum atomic E-state index is -2.09. The number of benzene rings is 2. The van der Waals surface area contributed by atoms with E-state index in [4.69, 9.17) is 9.47 Å². The molecule has 5 amide bonds. The fraction of sp³-hybridized carbons (Fsp3) is 0.143. The van der Waals surface area contributed by atoms with E-state index in [0.717, 1.165) is 0 Å². The highest BCUT2D eigenvalue weighted by molar-refractivity contribution is 6.24. The average molecular weight is 409 g/mol. The molecule has 0 aliphatic carbocycles. The Hall–Kier alpha value is -4.14. The van der Waals surface area contributed by atoms with E-state index in [-0.39, 0.29) is 5.56 Å². The second kappa shape index (κ2) is 8.48. The van der Waals surface area contributed by atoms with Gasteiger partial charge in [0, 0.05) is 6.08 Å². The van der Waals surface area contributed by atoms with Crippen LogP contribution in [0.2, 0.25) is 0 Å². The lowest BCUT2D eigenvalue weighted by Gasteiger charge is -2.34. The summed E-state index contributed by atoms with van der Waals surface area (Å²) in [5, 5.41) is 6.49. The highest BCUT2D eigenvalue weighted by Gasteiger charge is 2.52. The van der Waals surface area contributed by atoms with Crippen molar-refractivity contribution in [3.8, 4) is 11.5 Å². The van der Waals surface area contributed by atoms with Crippen LogP contribution in [0, 0.1) is 0 Å². The molecule has 1 aliphatic heterocycles. The van der Waals surface area contributed by atoms with Gasteiger partial charge in [-0.3, -0.25) is 25.0 Å². The first kappa shape index (κ1) is 20.6. The third-order valence-electron chi connectivity index (χ3n) is 4.49. The van der Waals surface area contributed by atoms with Gasteiger partial charge in [-0.1, -0.05) is 36.4 Å². The van der Waals surface area contributed by atoms with Crippen LogP contribution >= 0.6 is 0 Å². The molecule has 0 unspecified atom stereocenters. The van der Waals surface area contributed by atoms with Crippen LogP contribution in [0.1, 0.15) is 11.1 Å². The number of nitrogens with one attached hydrogen (secondary N) is 3. The van der Waals surface area contributed by atoms with Crippen molar-refractivity contribution in [2.75, 3.05) is 14.2 Å². The van der Waals surface area contributed by atoms with Gasteiger partial charge in [-0.2, -0.15) is 0 Å². The van der Waals surface area contributed by atoms with Gasteiger partial charge in [-0.15, -0.1) is 0 Å². The molecule has 1 heterocycles. The van der Waals surface area contributed by atoms with Gasteiger partial charge >= 0.3 is 6.03 Å². The molecule has 0 saturated carbocycles. The van der Waals surface area contributed by atoms with Gasteiger partial charge in [0.1, 0.15) is 0 Å². The Morgan fingerprint density at radius 3 is 2.17 bits per heavy atom. The molecule has 0 spiro atoms. The van der Waals surface area contributed by atoms with E-state index in [0.29, 0.717) is 17.1 Å². The Morgan fingerprint density at radius 2 is 1.57 bits per heavy atom. The van der Waals surface area contributed by atoms with E-state index in [2.05, 4.69) is 5.32 Å². The number of methoxy groups -OCH3 is 2. The van der Waals surface area contributed by atoms with E-state index >= 15 is 0 Å². The van der Waals surface area contributed by atoms with Crippen molar-refractivity contribution in [1.29, 1.82) is 0 Å². The molecule has 9 heteroatoms. The molecule has 1 saturated heterocycles. The molecule has 9 nitrogen and oxygen atoms in total. The molecule has 0 aromatic heterocycles. The number of carbonyl (C=O) groups is 4. The third-order valence-corrected chi connectivity index (χ3v) is 4.49. The smallest absolute Gasteiger partial charge is 0.328 e. The Morgan fingerprint density at radius 1 is 0.933 bits per heavy atom. The van der Waals surface area contributed by atoms with E-state index in [1.807, 2.05) is 10.6 Å². The maximum atomic E-state index is 12.6. The lowest BCUT2D eigenvalue weighted by atomic mass is 9.86. The van der Waals surface area contributed by atoms with Gasteiger partial charge < -0.3 is 14.8 Å². The largest absolute Gasteiger partial charge is 0.493 e. The maximum Gasteiger partial charge on any atom is 0.328 e. The van der Waals surface area contributed by atoms with Gasteiger partial charge in [0.25, 0.3) is 11.8 Å². The van der Waals surface area contributed by atoms with Crippen LogP contribution < -0.4 is 25.4 Å². The first-order valence-corrected chi connectivity index (χ1v) is 8.85. The molecule has 2 aromatic carbocycles. The average Bonchev–Trinajstić information content (AvgIpc) is 2.75. The molecule has 3 N–H and O–H groups in total. The van der Waals surface area contributed by atoms with Gasteiger partial charge in [0.05, 0.1) is 14.2 Å². The summed E-state index contributed by atoms with van der Waals surface area (Å²) in [7, 11) is 3.00. The van der Waals surface area contributed by atoms with Crippen LogP contribution in [0.15, 0.2) is 54.6 Å². The van der Waals surface area contributed by atoms with E-state index in [9.17, 15) is 19.2 Å². The number of ether oxygens (including phenoxy) is 2. The van der Waals surface area contributed by atoms with Crippen LogP contribution in [0.5, 0.6) is 11.5 Å². The molecule has 1 aliphatic rings. The van der Waals surface area contributed by atoms with E-state index in [1.165, 1.54) is 38.5 Å². The molecule has 3 rings (SSSR count). The van der Waals surface area contributed by atoms with E-state index in [1.54, 1.807) is 36.4 Å². The number of barbiturate groups is 1. The fourth-order valence-corrected chi connectivity index (χ4v) is 3.02. The summed E-state index contributed by atoms with van der Waals surface area (Å²) in [5.41, 5.74) is -1.25. The second-order valence-corrected chi connectivity index (χ2v) is 6.29. The van der Waals surface area contributed by atoms with Crippen LogP contribution in [-0.2, 0) is 19.9 Å². The van der Waals surface area contributed by atoms with Crippen molar-refractivity contribution in [3.63, 3.8) is 0 Å². The van der Waals surface area contributed by atoms with Crippen molar-refractivity contribution in [2.24, 2.45) is 0 Å². The summed E-state index contributed by atoms with van der Waals surface area (Å²) < 4.78 is 10.4. The summed E-state index contributed by atoms with van der Waals surface area (Å²) in [4.78, 5) is 49.4. The number of hydrogen-bond donors (Lipinski definition) is 3. The molecule has 2 aromatic rings. The highest BCUT2D eigenvalue weighted by atomic mass is 16.5. The van der Waals surface area contributed by atoms with Gasteiger partial charge in [0.15, 0.2) is 11.5 Å². The number of amides is 5. The third kappa shape index (κ3) is 3.86. The zero-order valence-corrected chi connectivity index (χ0v) is 16.2. The number of imide groups is 2. The van der Waals surface area contributed by atoms with Crippen LogP contribution in [0.3, 0.4) is 0 Å². The summed E-state index contributed by atoms with van der Waals surface area (Å²) >= 11 is 0. The van der Waals surface area contributed by atoms with Crippen LogP contribution in [0.4, 0.5) is 4.79 Å². The highest BCUT2D eigenvalue weighted by Crippen LogP contribution is 2.28. The van der Waals surface area contributed by atoms with Crippen molar-refractivity contribution in [1.82, 2.24) is 16.0 Å². The van der Waals surface area contributed by atoms with Crippen molar-refractivity contribution in [2.45, 2.75) is 5.54 Å². The molecule has 0 bridgehead atoms. The number of carbonyl (C=O) groups excluding carboxylic acids is 4. The fourth-order valence-electron chi connectivity index (χ4n) is 3.02. The number of rotatable bonds is 6. The quantitative estimate of drug-likeness (QED) is 0.485. The van der Waals surface area contributed by atoms with Crippen molar-refractivity contribution in [3.05, 3.63) is 65.7 Å². The normalized spacial score (nSPS) is 15.3. The summed E-state index contributed by atoms with van der Waals surface area (Å²) in [5.74, 6) is -1.60. The Labute approximate surface area is 172 Å². The predicted octanol–water partition coefficient (Wildman–Crippen LogP) is 1.09. The zero-order valence-electron chi connectivity index (χ0n) is 16.2. The lowest BCUT2D eigenvalue weighted by Crippen LogP contribution is -2.71. The minimum absolute atomic E-state index is 0.209. The zero-order chi connectivity index (χ0) is 21.7. The summed E-state index contributed by atoms with van der Waals surface area (Å²) in [6.45, 7) is 0. The first-order chi connectivity index (χ1) is 14.4. The standard InChI is InChI=1S/C21H19N3O6/c1-29-15-10-8-13(12-16(15)30-2)9-11-17(25)24-21(14-6-4-3-5-7-14)18(26)22-20(28)23-19(21)27/h3-12H,1-2H3,(H,24,25)(H2,22,23,26,27,28)/b11-9+.